The Bertz CT molecular complexity index is 690. The number of carbonyl (C=O) groups is 1. The van der Waals surface area contributed by atoms with Crippen molar-refractivity contribution in [1.82, 2.24) is 10.1 Å². The van der Waals surface area contributed by atoms with E-state index in [4.69, 9.17) is 4.52 Å². The van der Waals surface area contributed by atoms with Crippen LogP contribution in [-0.4, -0.2) is 48.7 Å². The molecule has 1 aliphatic rings. The first-order valence-electron chi connectivity index (χ1n) is 8.37. The maximum Gasteiger partial charge on any atom is 0.226 e. The van der Waals surface area contributed by atoms with E-state index in [1.165, 1.54) is 11.3 Å². The van der Waals surface area contributed by atoms with Gasteiger partial charge in [0.25, 0.3) is 0 Å². The fraction of sp³-hybridized carbons (Fsp3) is 0.444. The van der Waals surface area contributed by atoms with Gasteiger partial charge >= 0.3 is 0 Å². The van der Waals surface area contributed by atoms with E-state index >= 15 is 0 Å². The van der Waals surface area contributed by atoms with Gasteiger partial charge in [0.05, 0.1) is 0 Å². The van der Waals surface area contributed by atoms with Crippen LogP contribution in [0.1, 0.15) is 17.7 Å². The van der Waals surface area contributed by atoms with Crippen molar-refractivity contribution in [1.29, 1.82) is 0 Å². The van der Waals surface area contributed by atoms with Crippen LogP contribution in [0.2, 0.25) is 0 Å². The molecule has 2 heterocycles. The number of aryl methyl sites for hydroxylation is 2. The van der Waals surface area contributed by atoms with E-state index in [0.29, 0.717) is 18.0 Å². The molecular formula is C18H24N4O2. The largest absolute Gasteiger partial charge is 0.369 e. The van der Waals surface area contributed by atoms with Crippen LogP contribution in [0.5, 0.6) is 0 Å². The Morgan fingerprint density at radius 2 is 2.00 bits per heavy atom. The second-order valence-electron chi connectivity index (χ2n) is 6.29. The van der Waals surface area contributed by atoms with Gasteiger partial charge in [-0.25, -0.2) is 0 Å². The van der Waals surface area contributed by atoms with Crippen LogP contribution in [0.25, 0.3) is 0 Å². The monoisotopic (exact) mass is 328 g/mol. The summed E-state index contributed by atoms with van der Waals surface area (Å²) in [6, 6.07) is 10.3. The number of amides is 1. The third-order valence-electron chi connectivity index (χ3n) is 4.29. The molecule has 24 heavy (non-hydrogen) atoms. The highest BCUT2D eigenvalue weighted by Gasteiger charge is 2.18. The van der Waals surface area contributed by atoms with Crippen LogP contribution < -0.4 is 10.2 Å². The van der Waals surface area contributed by atoms with Gasteiger partial charge in [-0.3, -0.25) is 9.69 Å². The van der Waals surface area contributed by atoms with E-state index in [1.54, 1.807) is 13.0 Å². The van der Waals surface area contributed by atoms with E-state index in [2.05, 4.69) is 51.5 Å². The first kappa shape index (κ1) is 16.5. The zero-order chi connectivity index (χ0) is 16.9. The standard InChI is InChI=1S/C18H24N4O2/c1-14-4-3-5-16(12-14)22-10-8-21(9-11-22)7-6-18(23)19-17-13-15(2)24-20-17/h3-5,12-13H,6-11H2,1-2H3,(H,19,20,23). The summed E-state index contributed by atoms with van der Waals surface area (Å²) in [4.78, 5) is 16.7. The lowest BCUT2D eigenvalue weighted by molar-refractivity contribution is -0.116. The molecule has 0 saturated carbocycles. The van der Waals surface area contributed by atoms with Crippen LogP contribution in [0.3, 0.4) is 0 Å². The highest BCUT2D eigenvalue weighted by Crippen LogP contribution is 2.18. The van der Waals surface area contributed by atoms with Crippen molar-refractivity contribution in [2.45, 2.75) is 20.3 Å². The minimum atomic E-state index is -0.0237. The van der Waals surface area contributed by atoms with Crippen molar-refractivity contribution in [3.8, 4) is 0 Å². The molecule has 0 bridgehead atoms. The lowest BCUT2D eigenvalue weighted by Gasteiger charge is -2.36. The maximum atomic E-state index is 12.0. The summed E-state index contributed by atoms with van der Waals surface area (Å²) in [6.45, 7) is 8.63. The topological polar surface area (TPSA) is 61.6 Å². The number of aromatic nitrogens is 1. The highest BCUT2D eigenvalue weighted by atomic mass is 16.5. The molecule has 1 amide bonds. The first-order valence-corrected chi connectivity index (χ1v) is 8.37. The molecule has 0 unspecified atom stereocenters. The van der Waals surface area contributed by atoms with E-state index in [1.807, 2.05) is 0 Å². The Labute approximate surface area is 142 Å². The number of hydrogen-bond acceptors (Lipinski definition) is 5. The molecule has 0 radical (unpaired) electrons. The molecular weight excluding hydrogens is 304 g/mol. The molecule has 6 heteroatoms. The Hall–Kier alpha value is -2.34. The minimum Gasteiger partial charge on any atom is -0.369 e. The fourth-order valence-electron chi connectivity index (χ4n) is 2.94. The average molecular weight is 328 g/mol. The lowest BCUT2D eigenvalue weighted by Crippen LogP contribution is -2.47. The number of piperazine rings is 1. The number of anilines is 2. The predicted molar refractivity (Wildman–Crippen MR) is 94.3 cm³/mol. The number of nitrogens with one attached hydrogen (secondary N) is 1. The molecule has 1 fully saturated rings. The Morgan fingerprint density at radius 1 is 1.21 bits per heavy atom. The maximum absolute atomic E-state index is 12.0. The van der Waals surface area contributed by atoms with Crippen LogP contribution in [0.4, 0.5) is 11.5 Å². The molecule has 0 atom stereocenters. The molecule has 1 aromatic heterocycles. The summed E-state index contributed by atoms with van der Waals surface area (Å²) in [5.41, 5.74) is 2.57. The number of carbonyl (C=O) groups excluding carboxylic acids is 1. The SMILES string of the molecule is Cc1cccc(N2CCN(CCC(=O)Nc3cc(C)on3)CC2)c1. The van der Waals surface area contributed by atoms with Gasteiger partial charge in [0.1, 0.15) is 5.76 Å². The minimum absolute atomic E-state index is 0.0237. The molecule has 2 aromatic rings. The van der Waals surface area contributed by atoms with Gasteiger partial charge in [-0.05, 0) is 31.5 Å². The quantitative estimate of drug-likeness (QED) is 0.913. The zero-order valence-corrected chi connectivity index (χ0v) is 14.3. The Kier molecular flexibility index (Phi) is 5.15. The molecule has 1 aliphatic heterocycles. The van der Waals surface area contributed by atoms with Crippen LogP contribution in [0.15, 0.2) is 34.9 Å². The summed E-state index contributed by atoms with van der Waals surface area (Å²) < 4.78 is 4.94. The van der Waals surface area contributed by atoms with Crippen molar-refractivity contribution in [3.05, 3.63) is 41.7 Å². The Morgan fingerprint density at radius 3 is 2.67 bits per heavy atom. The van der Waals surface area contributed by atoms with E-state index in [0.717, 1.165) is 32.7 Å². The zero-order valence-electron chi connectivity index (χ0n) is 14.3. The highest BCUT2D eigenvalue weighted by molar-refractivity contribution is 5.89. The molecule has 0 aliphatic carbocycles. The molecule has 1 N–H and O–H groups in total. The second-order valence-corrected chi connectivity index (χ2v) is 6.29. The van der Waals surface area contributed by atoms with Gasteiger partial charge in [-0.2, -0.15) is 0 Å². The number of rotatable bonds is 5. The van der Waals surface area contributed by atoms with Crippen LogP contribution in [-0.2, 0) is 4.79 Å². The average Bonchev–Trinajstić information content (AvgIpc) is 2.98. The van der Waals surface area contributed by atoms with Gasteiger partial charge in [0, 0.05) is 50.9 Å². The van der Waals surface area contributed by atoms with Gasteiger partial charge in [-0.1, -0.05) is 17.3 Å². The summed E-state index contributed by atoms with van der Waals surface area (Å²) in [5, 5.41) is 6.54. The smallest absolute Gasteiger partial charge is 0.226 e. The lowest BCUT2D eigenvalue weighted by atomic mass is 10.2. The second kappa shape index (κ2) is 7.49. The normalized spacial score (nSPS) is 15.5. The molecule has 0 spiro atoms. The predicted octanol–water partition coefficient (Wildman–Crippen LogP) is 2.44. The summed E-state index contributed by atoms with van der Waals surface area (Å²) in [5.74, 6) is 1.16. The van der Waals surface area contributed by atoms with Crippen molar-refractivity contribution < 1.29 is 9.32 Å². The Balaban J connectivity index is 1.41. The molecule has 128 valence electrons. The van der Waals surface area contributed by atoms with Gasteiger partial charge in [-0.15, -0.1) is 0 Å². The van der Waals surface area contributed by atoms with Crippen LogP contribution >= 0.6 is 0 Å². The van der Waals surface area contributed by atoms with Crippen molar-refractivity contribution in [2.24, 2.45) is 0 Å². The fourth-order valence-corrected chi connectivity index (χ4v) is 2.94. The first-order chi connectivity index (χ1) is 11.6. The number of hydrogen-bond donors (Lipinski definition) is 1. The summed E-state index contributed by atoms with van der Waals surface area (Å²) >= 11 is 0. The third-order valence-corrected chi connectivity index (χ3v) is 4.29. The van der Waals surface area contributed by atoms with Crippen molar-refractivity contribution in [3.63, 3.8) is 0 Å². The van der Waals surface area contributed by atoms with Gasteiger partial charge in [0.2, 0.25) is 5.91 Å². The third kappa shape index (κ3) is 4.35. The number of nitrogens with zero attached hydrogens (tertiary/aromatic N) is 3. The number of benzene rings is 1. The van der Waals surface area contributed by atoms with Gasteiger partial charge < -0.3 is 14.7 Å². The molecule has 6 nitrogen and oxygen atoms in total. The summed E-state index contributed by atoms with van der Waals surface area (Å²) in [6.07, 6.45) is 0.469. The van der Waals surface area contributed by atoms with Crippen molar-refractivity contribution in [2.75, 3.05) is 42.9 Å². The molecule has 1 aromatic carbocycles. The van der Waals surface area contributed by atoms with E-state index in [9.17, 15) is 4.79 Å². The molecule has 3 rings (SSSR count). The molecule has 1 saturated heterocycles. The van der Waals surface area contributed by atoms with Crippen LogP contribution in [0, 0.1) is 13.8 Å². The van der Waals surface area contributed by atoms with Crippen molar-refractivity contribution >= 4 is 17.4 Å². The van der Waals surface area contributed by atoms with E-state index < -0.39 is 0 Å². The summed E-state index contributed by atoms with van der Waals surface area (Å²) in [7, 11) is 0. The van der Waals surface area contributed by atoms with E-state index in [-0.39, 0.29) is 5.91 Å². The van der Waals surface area contributed by atoms with Gasteiger partial charge in [0.15, 0.2) is 5.82 Å².